The normalized spacial score (nSPS) is 18.5. The third kappa shape index (κ3) is 20.8. The van der Waals surface area contributed by atoms with Gasteiger partial charge in [-0.1, -0.05) is 48.5 Å². The summed E-state index contributed by atoms with van der Waals surface area (Å²) < 4.78 is 4.88. The first-order chi connectivity index (χ1) is 37.2. The van der Waals surface area contributed by atoms with Gasteiger partial charge in [0.2, 0.25) is 23.8 Å². The summed E-state index contributed by atoms with van der Waals surface area (Å²) in [6, 6.07) is 14.8. The van der Waals surface area contributed by atoms with Crippen molar-refractivity contribution in [3.63, 3.8) is 0 Å². The summed E-state index contributed by atoms with van der Waals surface area (Å²) in [6.45, 7) is 1.43. The Morgan fingerprint density at radius 2 is 1.05 bits per heavy atom. The third-order valence-corrected chi connectivity index (χ3v) is 14.0. The van der Waals surface area contributed by atoms with Gasteiger partial charge in [-0.15, -0.1) is 0 Å². The number of amides is 4. The minimum Gasteiger partial charge on any atom is -0.481 e. The summed E-state index contributed by atoms with van der Waals surface area (Å²) in [7, 11) is 0. The fourth-order valence-corrected chi connectivity index (χ4v) is 9.84. The van der Waals surface area contributed by atoms with Crippen molar-refractivity contribution in [1.29, 1.82) is 0 Å². The maximum atomic E-state index is 14.2. The molecule has 1 heterocycles. The molecule has 2 fully saturated rings. The predicted molar refractivity (Wildman–Crippen MR) is 280 cm³/mol. The zero-order chi connectivity index (χ0) is 56.7. The Kier molecular flexibility index (Phi) is 24.4. The van der Waals surface area contributed by atoms with E-state index in [4.69, 9.17) is 9.84 Å². The molecule has 426 valence electrons. The van der Waals surface area contributed by atoms with Crippen LogP contribution in [0.1, 0.15) is 63.4 Å². The number of alkyl carbamates (subject to hydrolysis) is 1. The number of benzene rings is 3. The molecular formula is C53H72N8O17. The van der Waals surface area contributed by atoms with Gasteiger partial charge in [-0.2, -0.15) is 0 Å². The molecule has 0 bridgehead atoms. The SMILES string of the molecule is O=C(O)CCC[C@H](OC(=O)N[C@@H](CCCNC(=O)[C@H](Cc1c2ccccc2cc2ccccc12)NC(=O)[C@H]1CC[C@H](CNC(=O)CN2CCN(CC(=O)O)CCN(CC(=O)O)CCN(CC(=O)O)CC2)CC1)C(=O)O)C(=O)O. The molecule has 4 amide bonds. The van der Waals surface area contributed by atoms with Gasteiger partial charge in [-0.3, -0.25) is 53.2 Å². The second-order valence-electron chi connectivity index (χ2n) is 19.9. The van der Waals surface area contributed by atoms with E-state index < -0.39 is 71.9 Å². The number of nitrogens with one attached hydrogen (secondary N) is 4. The number of rotatable bonds is 27. The zero-order valence-corrected chi connectivity index (χ0v) is 43.5. The number of hydrogen-bond acceptors (Lipinski definition) is 15. The van der Waals surface area contributed by atoms with Crippen molar-refractivity contribution in [2.75, 3.05) is 91.6 Å². The largest absolute Gasteiger partial charge is 0.481 e. The van der Waals surface area contributed by atoms with E-state index in [2.05, 4.69) is 21.3 Å². The van der Waals surface area contributed by atoms with Crippen LogP contribution in [0.4, 0.5) is 4.79 Å². The topological polar surface area (TPSA) is 362 Å². The number of hydrogen-bond donors (Lipinski definition) is 10. The van der Waals surface area contributed by atoms with Crippen LogP contribution in [0.2, 0.25) is 0 Å². The van der Waals surface area contributed by atoms with Gasteiger partial charge in [0.05, 0.1) is 26.2 Å². The molecule has 3 aromatic carbocycles. The van der Waals surface area contributed by atoms with Crippen LogP contribution in [-0.2, 0) is 54.3 Å². The van der Waals surface area contributed by atoms with Crippen LogP contribution in [0.3, 0.4) is 0 Å². The number of carbonyl (C=O) groups excluding carboxylic acids is 4. The van der Waals surface area contributed by atoms with Gasteiger partial charge in [0.25, 0.3) is 0 Å². The summed E-state index contributed by atoms with van der Waals surface area (Å²) in [4.78, 5) is 131. The fourth-order valence-electron chi connectivity index (χ4n) is 9.84. The summed E-state index contributed by atoms with van der Waals surface area (Å²) in [6.07, 6.45) is -1.76. The van der Waals surface area contributed by atoms with Crippen LogP contribution in [-0.4, -0.2) is 220 Å². The summed E-state index contributed by atoms with van der Waals surface area (Å²) >= 11 is 0. The molecular weight excluding hydrogens is 1020 g/mol. The Labute approximate surface area is 450 Å². The highest BCUT2D eigenvalue weighted by atomic mass is 16.6. The number of carboxylic acids is 6. The van der Waals surface area contributed by atoms with Crippen LogP contribution in [0, 0.1) is 11.8 Å². The molecule has 1 saturated heterocycles. The van der Waals surface area contributed by atoms with Crippen molar-refractivity contribution in [3.8, 4) is 0 Å². The first-order valence-electron chi connectivity index (χ1n) is 26.2. The highest BCUT2D eigenvalue weighted by Crippen LogP contribution is 2.31. The van der Waals surface area contributed by atoms with Gasteiger partial charge in [-0.05, 0) is 90.5 Å². The number of carboxylic acid groups (broad SMARTS) is 6. The predicted octanol–water partition coefficient (Wildman–Crippen LogP) is 1.20. The number of nitrogens with zero attached hydrogens (tertiary/aromatic N) is 4. The second-order valence-corrected chi connectivity index (χ2v) is 19.9. The van der Waals surface area contributed by atoms with E-state index >= 15 is 0 Å². The molecule has 2 aliphatic rings. The lowest BCUT2D eigenvalue weighted by atomic mass is 9.81. The molecule has 25 nitrogen and oxygen atoms in total. The molecule has 1 saturated carbocycles. The van der Waals surface area contributed by atoms with Crippen LogP contribution in [0.15, 0.2) is 54.6 Å². The molecule has 1 aliphatic heterocycles. The molecule has 3 atom stereocenters. The fraction of sp³-hybridized carbons (Fsp3) is 0.547. The van der Waals surface area contributed by atoms with Gasteiger partial charge in [0, 0.05) is 84.2 Å². The first-order valence-corrected chi connectivity index (χ1v) is 26.2. The number of carbonyl (C=O) groups is 10. The summed E-state index contributed by atoms with van der Waals surface area (Å²) in [5, 5.41) is 71.3. The Morgan fingerprint density at radius 1 is 0.551 bits per heavy atom. The van der Waals surface area contributed by atoms with Crippen LogP contribution in [0.25, 0.3) is 21.5 Å². The molecule has 3 aromatic rings. The van der Waals surface area contributed by atoms with E-state index in [1.807, 2.05) is 59.5 Å². The van der Waals surface area contributed by atoms with Crippen LogP contribution in [0.5, 0.6) is 0 Å². The van der Waals surface area contributed by atoms with Gasteiger partial charge in [0.15, 0.2) is 0 Å². The molecule has 0 spiro atoms. The van der Waals surface area contributed by atoms with Crippen molar-refractivity contribution >= 4 is 81.2 Å². The Bertz CT molecular complexity index is 2510. The van der Waals surface area contributed by atoms with Crippen molar-refractivity contribution in [1.82, 2.24) is 40.9 Å². The number of ether oxygens (including phenoxy) is 1. The van der Waals surface area contributed by atoms with Crippen molar-refractivity contribution < 1.29 is 83.3 Å². The molecule has 0 radical (unpaired) electrons. The third-order valence-electron chi connectivity index (χ3n) is 14.0. The van der Waals surface area contributed by atoms with Gasteiger partial charge < -0.3 is 56.6 Å². The Balaban J connectivity index is 1.19. The van der Waals surface area contributed by atoms with Crippen molar-refractivity contribution in [3.05, 3.63) is 60.2 Å². The van der Waals surface area contributed by atoms with Crippen molar-refractivity contribution in [2.24, 2.45) is 11.8 Å². The van der Waals surface area contributed by atoms with E-state index in [0.717, 1.165) is 27.1 Å². The van der Waals surface area contributed by atoms with E-state index in [0.29, 0.717) is 32.2 Å². The van der Waals surface area contributed by atoms with Crippen LogP contribution < -0.4 is 21.3 Å². The molecule has 5 rings (SSSR count). The van der Waals surface area contributed by atoms with Crippen LogP contribution >= 0.6 is 0 Å². The van der Waals surface area contributed by atoms with E-state index in [1.54, 1.807) is 14.7 Å². The van der Waals surface area contributed by atoms with Gasteiger partial charge >= 0.3 is 41.9 Å². The maximum absolute atomic E-state index is 14.2. The smallest absolute Gasteiger partial charge is 0.408 e. The molecule has 0 unspecified atom stereocenters. The quantitative estimate of drug-likeness (QED) is 0.0379. The first kappa shape index (κ1) is 61.4. The molecule has 25 heteroatoms. The number of fused-ring (bicyclic) bond motifs is 2. The molecule has 0 aromatic heterocycles. The average molecular weight is 1090 g/mol. The highest BCUT2D eigenvalue weighted by Gasteiger charge is 2.32. The average Bonchev–Trinajstić information content (AvgIpc) is 3.39. The standard InChI is InChI=1S/C53H72N8O17/c62-44(30-58-19-21-59(31-46(65)66)23-25-61(33-48(69)70)26-24-60(22-20-58)32-47(67)68)55-29-34-14-16-35(17-15-34)49(71)56-42(28-40-38-9-3-1-7-36(38)27-37-8-2-4-10-39(37)40)50(72)54-18-6-11-41(51(73)74)57-53(77)78-43(52(75)76)12-5-13-45(63)64/h1-4,7-10,27,34-35,41-43H,5-6,11-26,28-33H2,(H,54,72)(H,55,62)(H,56,71)(H,57,77)(H,63,64)(H,65,66)(H,67,68)(H,69,70)(H,73,74)(H,75,76)/t34-,35-,41-,42-,43-/m0/s1. The minimum absolute atomic E-state index is 0.0321. The van der Waals surface area contributed by atoms with Crippen molar-refractivity contribution in [2.45, 2.75) is 82.4 Å². The summed E-state index contributed by atoms with van der Waals surface area (Å²) in [5.74, 6) is -8.91. The van der Waals surface area contributed by atoms with Gasteiger partial charge in [-0.25, -0.2) is 14.4 Å². The number of aliphatic carboxylic acids is 6. The van der Waals surface area contributed by atoms with E-state index in [-0.39, 0.29) is 141 Å². The highest BCUT2D eigenvalue weighted by molar-refractivity contribution is 6.03. The maximum Gasteiger partial charge on any atom is 0.408 e. The zero-order valence-electron chi connectivity index (χ0n) is 43.5. The minimum atomic E-state index is -1.71. The lowest BCUT2D eigenvalue weighted by molar-refractivity contribution is -0.148. The Morgan fingerprint density at radius 3 is 1.53 bits per heavy atom. The van der Waals surface area contributed by atoms with E-state index in [1.165, 1.54) is 0 Å². The summed E-state index contributed by atoms with van der Waals surface area (Å²) in [5.41, 5.74) is 0.826. The lowest BCUT2D eigenvalue weighted by Crippen LogP contribution is -2.50. The second kappa shape index (κ2) is 31.1. The molecule has 78 heavy (non-hydrogen) atoms. The Hall–Kier alpha value is -7.48. The molecule has 1 aliphatic carbocycles. The monoisotopic (exact) mass is 1090 g/mol. The lowest BCUT2D eigenvalue weighted by Gasteiger charge is -2.33. The van der Waals surface area contributed by atoms with Gasteiger partial charge in [0.1, 0.15) is 12.1 Å². The molecule has 10 N–H and O–H groups in total. The van der Waals surface area contributed by atoms with E-state index in [9.17, 15) is 73.5 Å².